The first-order valence-electron chi connectivity index (χ1n) is 17.0. The highest BCUT2D eigenvalue weighted by molar-refractivity contribution is 7.92. The summed E-state index contributed by atoms with van der Waals surface area (Å²) in [7, 11) is -0.470. The number of anilines is 2. The Morgan fingerprint density at radius 2 is 1.98 bits per heavy atom. The highest BCUT2D eigenvalue weighted by Crippen LogP contribution is 2.42. The molecule has 3 amide bonds. The van der Waals surface area contributed by atoms with E-state index in [2.05, 4.69) is 24.4 Å². The van der Waals surface area contributed by atoms with E-state index in [0.29, 0.717) is 47.8 Å². The number of nitrogens with one attached hydrogen (secondary N) is 2. The zero-order valence-corrected chi connectivity index (χ0v) is 30.5. The van der Waals surface area contributed by atoms with Crippen molar-refractivity contribution in [3.8, 4) is 5.75 Å². The van der Waals surface area contributed by atoms with Crippen molar-refractivity contribution in [2.75, 3.05) is 37.0 Å². The maximum atomic E-state index is 14.9. The molecule has 0 radical (unpaired) electrons. The van der Waals surface area contributed by atoms with Crippen LogP contribution in [-0.4, -0.2) is 64.4 Å². The number of aromatic nitrogens is 2. The largest absolute Gasteiger partial charge is 0.487 e. The van der Waals surface area contributed by atoms with Gasteiger partial charge in [0.15, 0.2) is 9.92 Å². The molecule has 268 valence electrons. The van der Waals surface area contributed by atoms with Crippen LogP contribution in [0, 0.1) is 11.8 Å². The number of hydrogen-bond acceptors (Lipinski definition) is 8. The predicted molar refractivity (Wildman–Crippen MR) is 193 cm³/mol. The lowest BCUT2D eigenvalue weighted by molar-refractivity contribution is -0.137. The average molecular weight is 725 g/mol. The number of carbonyl (C=O) groups excluding carboxylic acids is 2. The fourth-order valence-electron chi connectivity index (χ4n) is 6.66. The van der Waals surface area contributed by atoms with Gasteiger partial charge in [0.1, 0.15) is 18.0 Å². The first kappa shape index (κ1) is 35.9. The number of nitrogens with zero attached hydrogens (tertiary/aromatic N) is 4. The van der Waals surface area contributed by atoms with Gasteiger partial charge in [-0.2, -0.15) is 5.10 Å². The molecule has 2 aliphatic heterocycles. The number of urea groups is 1. The maximum absolute atomic E-state index is 14.9. The Balaban J connectivity index is 1.46. The molecule has 1 unspecified atom stereocenters. The first-order chi connectivity index (χ1) is 23.9. The van der Waals surface area contributed by atoms with E-state index in [0.717, 1.165) is 43.2 Å². The number of hydrogen-bond donors (Lipinski definition) is 2. The van der Waals surface area contributed by atoms with Gasteiger partial charge in [-0.3, -0.25) is 9.48 Å². The topological polar surface area (TPSA) is 136 Å². The Morgan fingerprint density at radius 1 is 1.14 bits per heavy atom. The molecule has 3 aromatic rings. The molecule has 0 spiro atoms. The van der Waals surface area contributed by atoms with Gasteiger partial charge in [0, 0.05) is 38.5 Å². The predicted octanol–water partition coefficient (Wildman–Crippen LogP) is 6.29. The van der Waals surface area contributed by atoms with E-state index in [-0.39, 0.29) is 23.5 Å². The standard InChI is InChI=1S/C36H45ClN6O6S/c1-36(2)34(44)40-50(46,41-35(45)39-28-20-38-42(3)22-28)29-13-15-33-31(19-29)43(21-25-11-14-30(25)32(47-4)9-7-17-49-36)16-6-5-8-24-18-27(37)12-10-26(24)23-48-33/h7,9-10,12-13,15,18-20,22,25,30,32H,5-6,8,11,14,16-17,21,23H2,1-4H3,(H2,39,40,41,44,45,46)/b9-7+/t25-,30+,32-,50?/m0/s1. The van der Waals surface area contributed by atoms with Gasteiger partial charge in [0.2, 0.25) is 0 Å². The molecule has 2 N–H and O–H groups in total. The van der Waals surface area contributed by atoms with E-state index < -0.39 is 27.5 Å². The molecule has 4 atom stereocenters. The number of ether oxygens (including phenoxy) is 3. The fourth-order valence-corrected chi connectivity index (χ4v) is 8.40. The Morgan fingerprint density at radius 3 is 2.72 bits per heavy atom. The highest BCUT2D eigenvalue weighted by atomic mass is 35.5. The monoisotopic (exact) mass is 724 g/mol. The Labute approximate surface area is 298 Å². The molecule has 3 heterocycles. The molecule has 1 aromatic heterocycles. The van der Waals surface area contributed by atoms with Crippen molar-refractivity contribution in [2.45, 2.75) is 69.2 Å². The second-order valence-corrected chi connectivity index (χ2v) is 15.9. The number of benzene rings is 2. The number of halogens is 1. The summed E-state index contributed by atoms with van der Waals surface area (Å²) >= 11 is 6.37. The number of fused-ring (bicyclic) bond motifs is 3. The number of amides is 3. The Hall–Kier alpha value is -3.91. The molecular formula is C36H45ClN6O6S. The SMILES string of the molecule is CO[C@H]1/C=C/COC(C)(C)C(=O)N=S(=O)(NC(=O)Nc2cnn(C)c2)c2ccc3c(c2)N(CCCCc2cc(Cl)ccc2CO3)C[C@@H]2CC[C@H]21. The van der Waals surface area contributed by atoms with E-state index in [1.165, 1.54) is 10.9 Å². The number of methoxy groups -OCH3 is 1. The third-order valence-corrected chi connectivity index (χ3v) is 11.7. The minimum absolute atomic E-state index is 0.111. The lowest BCUT2D eigenvalue weighted by Crippen LogP contribution is -2.44. The van der Waals surface area contributed by atoms with E-state index in [1.807, 2.05) is 30.4 Å². The summed E-state index contributed by atoms with van der Waals surface area (Å²) in [5, 5.41) is 7.40. The van der Waals surface area contributed by atoms with Crippen molar-refractivity contribution in [3.63, 3.8) is 0 Å². The quantitative estimate of drug-likeness (QED) is 0.301. The van der Waals surface area contributed by atoms with Crippen LogP contribution in [0.3, 0.4) is 0 Å². The van der Waals surface area contributed by atoms with E-state index in [9.17, 15) is 13.8 Å². The molecule has 2 aromatic carbocycles. The van der Waals surface area contributed by atoms with Crippen molar-refractivity contribution in [3.05, 3.63) is 77.1 Å². The van der Waals surface area contributed by atoms with Gasteiger partial charge in [-0.05, 0) is 99.2 Å². The normalized spacial score (nSPS) is 26.1. The van der Waals surface area contributed by atoms with Crippen molar-refractivity contribution < 1.29 is 28.0 Å². The molecule has 2 bridgehead atoms. The minimum atomic E-state index is -3.90. The second kappa shape index (κ2) is 15.1. The molecule has 1 saturated carbocycles. The fraction of sp³-hybridized carbons (Fsp3) is 0.472. The van der Waals surface area contributed by atoms with Crippen molar-refractivity contribution in [2.24, 2.45) is 23.2 Å². The molecule has 0 saturated heterocycles. The summed E-state index contributed by atoms with van der Waals surface area (Å²) in [6, 6.07) is 10.1. The lowest BCUT2D eigenvalue weighted by atomic mass is 9.70. The second-order valence-electron chi connectivity index (χ2n) is 13.6. The Kier molecular flexibility index (Phi) is 10.9. The smallest absolute Gasteiger partial charge is 0.332 e. The number of carbonyl (C=O) groups is 2. The van der Waals surface area contributed by atoms with Gasteiger partial charge in [0.05, 0.1) is 35.2 Å². The zero-order valence-electron chi connectivity index (χ0n) is 28.9. The molecular weight excluding hydrogens is 680 g/mol. The summed E-state index contributed by atoms with van der Waals surface area (Å²) in [5.74, 6) is 0.416. The molecule has 14 heteroatoms. The Bertz CT molecular complexity index is 1890. The third-order valence-electron chi connectivity index (χ3n) is 9.68. The van der Waals surface area contributed by atoms with Crippen LogP contribution < -0.4 is 19.7 Å². The van der Waals surface area contributed by atoms with Gasteiger partial charge in [0.25, 0.3) is 5.91 Å². The maximum Gasteiger partial charge on any atom is 0.332 e. The molecule has 12 nitrogen and oxygen atoms in total. The highest BCUT2D eigenvalue weighted by Gasteiger charge is 2.38. The number of aryl methyl sites for hydroxylation is 2. The van der Waals surface area contributed by atoms with Gasteiger partial charge >= 0.3 is 6.03 Å². The molecule has 6 rings (SSSR count). The number of rotatable bonds is 3. The minimum Gasteiger partial charge on any atom is -0.487 e. The van der Waals surface area contributed by atoms with E-state index >= 15 is 0 Å². The first-order valence-corrected chi connectivity index (χ1v) is 18.8. The van der Waals surface area contributed by atoms with Gasteiger partial charge in [-0.1, -0.05) is 29.8 Å². The van der Waals surface area contributed by atoms with Crippen LogP contribution in [0.1, 0.15) is 50.7 Å². The van der Waals surface area contributed by atoms with Crippen LogP contribution in [0.25, 0.3) is 0 Å². The van der Waals surface area contributed by atoms with Crippen LogP contribution in [-0.2, 0) is 44.3 Å². The van der Waals surface area contributed by atoms with Crippen molar-refractivity contribution in [1.82, 2.24) is 14.5 Å². The lowest BCUT2D eigenvalue weighted by Gasteiger charge is -2.43. The summed E-state index contributed by atoms with van der Waals surface area (Å²) in [6.07, 6.45) is 11.5. The molecule has 3 aliphatic rings. The van der Waals surface area contributed by atoms with E-state index in [1.54, 1.807) is 52.4 Å². The summed E-state index contributed by atoms with van der Waals surface area (Å²) in [5.41, 5.74) is 1.84. The van der Waals surface area contributed by atoms with Gasteiger partial charge < -0.3 is 24.4 Å². The summed E-state index contributed by atoms with van der Waals surface area (Å²) < 4.78 is 41.6. The average Bonchev–Trinajstić information content (AvgIpc) is 3.46. The van der Waals surface area contributed by atoms with Crippen LogP contribution in [0.15, 0.2) is 70.2 Å². The van der Waals surface area contributed by atoms with Gasteiger partial charge in [-0.25, -0.2) is 13.7 Å². The zero-order chi connectivity index (χ0) is 35.5. The van der Waals surface area contributed by atoms with Crippen molar-refractivity contribution in [1.29, 1.82) is 0 Å². The van der Waals surface area contributed by atoms with Crippen LogP contribution in [0.4, 0.5) is 16.2 Å². The van der Waals surface area contributed by atoms with Gasteiger partial charge in [-0.15, -0.1) is 4.36 Å². The summed E-state index contributed by atoms with van der Waals surface area (Å²) in [4.78, 5) is 29.5. The molecule has 1 fully saturated rings. The third kappa shape index (κ3) is 8.17. The van der Waals surface area contributed by atoms with Crippen LogP contribution in [0.5, 0.6) is 5.75 Å². The molecule has 50 heavy (non-hydrogen) atoms. The summed E-state index contributed by atoms with van der Waals surface area (Å²) in [6.45, 7) is 4.99. The molecule has 1 aliphatic carbocycles. The van der Waals surface area contributed by atoms with E-state index in [4.69, 9.17) is 25.8 Å². The van der Waals surface area contributed by atoms with Crippen LogP contribution >= 0.6 is 11.6 Å². The van der Waals surface area contributed by atoms with Crippen molar-refractivity contribution >= 4 is 44.8 Å². The van der Waals surface area contributed by atoms with Crippen LogP contribution in [0.2, 0.25) is 5.02 Å².